The second kappa shape index (κ2) is 14.0. The quantitative estimate of drug-likeness (QED) is 0.282. The minimum atomic E-state index is -3.27. The number of imide groups is 1. The van der Waals surface area contributed by atoms with Gasteiger partial charge in [-0.1, -0.05) is 23.0 Å². The van der Waals surface area contributed by atoms with Gasteiger partial charge >= 0.3 is 12.6 Å². The van der Waals surface area contributed by atoms with Crippen LogP contribution < -0.4 is 5.76 Å². The number of oxazole rings is 1. The van der Waals surface area contributed by atoms with E-state index in [4.69, 9.17) is 45.9 Å². The van der Waals surface area contributed by atoms with Crippen LogP contribution in [0.25, 0.3) is 11.2 Å². The zero-order valence-corrected chi connectivity index (χ0v) is 23.2. The van der Waals surface area contributed by atoms with Crippen LogP contribution in [0.5, 0.6) is 0 Å². The van der Waals surface area contributed by atoms with Crippen molar-refractivity contribution in [3.63, 3.8) is 0 Å². The minimum Gasteiger partial charge on any atom is -0.406 e. The predicted octanol–water partition coefficient (Wildman–Crippen LogP) is 3.59. The lowest BCUT2D eigenvalue weighted by Gasteiger charge is -2.16. The average Bonchev–Trinajstić information content (AvgIpc) is 3.14. The molecule has 0 N–H and O–H groups in total. The minimum absolute atomic E-state index is 0.0272. The van der Waals surface area contributed by atoms with Crippen molar-refractivity contribution in [2.24, 2.45) is 0 Å². The van der Waals surface area contributed by atoms with E-state index in [-0.39, 0.29) is 23.1 Å². The zero-order valence-electron chi connectivity index (χ0n) is 18.2. The molecule has 2 rings (SSSR count). The first kappa shape index (κ1) is 30.3. The van der Waals surface area contributed by atoms with Crippen LogP contribution >= 0.6 is 46.9 Å². The summed E-state index contributed by atoms with van der Waals surface area (Å²) in [6.45, 7) is -3.27. The summed E-state index contributed by atoms with van der Waals surface area (Å²) < 4.78 is 37.5. The number of hydrogen-bond acceptors (Lipinski definition) is 13. The Morgan fingerprint density at radius 2 is 1.88 bits per heavy atom. The van der Waals surface area contributed by atoms with E-state index in [1.54, 1.807) is 0 Å². The zero-order chi connectivity index (χ0) is 25.2. The summed E-state index contributed by atoms with van der Waals surface area (Å²) >= 11 is 12.7. The van der Waals surface area contributed by atoms with E-state index in [0.29, 0.717) is 17.1 Å². The summed E-state index contributed by atoms with van der Waals surface area (Å²) in [5.74, 6) is -0.836. The van der Waals surface area contributed by atoms with E-state index in [0.717, 1.165) is 27.7 Å². The largest absolute Gasteiger partial charge is 0.421 e. The molecule has 12 nitrogen and oxygen atoms in total. The number of hydrogen-bond donors (Lipinski definition) is 0. The van der Waals surface area contributed by atoms with Crippen molar-refractivity contribution in [3.05, 3.63) is 27.8 Å². The molecule has 18 heteroatoms. The molecule has 0 unspecified atom stereocenters. The van der Waals surface area contributed by atoms with Crippen LogP contribution in [0.3, 0.4) is 0 Å². The summed E-state index contributed by atoms with van der Waals surface area (Å²) in [5, 5.41) is 0.362. The molecule has 0 spiro atoms. The van der Waals surface area contributed by atoms with Crippen molar-refractivity contribution < 1.29 is 36.7 Å². The normalized spacial score (nSPS) is 11.7. The molecule has 0 saturated carbocycles. The Morgan fingerprint density at radius 1 is 1.27 bits per heavy atom. The number of aromatic nitrogens is 2. The Labute approximate surface area is 207 Å². The van der Waals surface area contributed by atoms with Gasteiger partial charge in [-0.3, -0.25) is 14.5 Å². The van der Waals surface area contributed by atoms with Crippen molar-refractivity contribution in [1.29, 1.82) is 0 Å². The van der Waals surface area contributed by atoms with Gasteiger partial charge in [0.25, 0.3) is 0 Å². The van der Waals surface area contributed by atoms with E-state index in [2.05, 4.69) is 4.98 Å². The number of pyridine rings is 1. The molecule has 2 aromatic heterocycles. The fraction of sp³-hybridized carbons (Fsp3) is 0.467. The summed E-state index contributed by atoms with van der Waals surface area (Å²) in [4.78, 5) is 38.0. The maximum absolute atomic E-state index is 11.9. The molecular formula is C15H22ClN3O9P2S3. The van der Waals surface area contributed by atoms with Crippen LogP contribution in [-0.2, 0) is 49.9 Å². The molecule has 0 bridgehead atoms. The molecule has 0 radical (unpaired) electrons. The lowest BCUT2D eigenvalue weighted by Crippen LogP contribution is -2.26. The third-order valence-electron chi connectivity index (χ3n) is 3.61. The topological polar surface area (TPSA) is 139 Å². The van der Waals surface area contributed by atoms with Crippen molar-refractivity contribution >= 4 is 82.2 Å². The standard InChI is InChI=1S/C9H10ClN2O5PS.C6H12NO4PS2/c1-15-18(14,16-2)19-5-12-8-7(17-9(12)13)3-6(10)4-11-8;1-7(5-8)6(9)4-14-12(13,10-2)11-3/h3-4H,5H2,1-2H3;5H,4H2,1-3H3. The van der Waals surface area contributed by atoms with Gasteiger partial charge in [0.05, 0.1) is 16.7 Å². The van der Waals surface area contributed by atoms with Gasteiger partial charge in [-0.05, 0) is 23.2 Å². The summed E-state index contributed by atoms with van der Waals surface area (Å²) in [5.41, 5.74) is -1.81. The van der Waals surface area contributed by atoms with E-state index in [9.17, 15) is 18.9 Å². The van der Waals surface area contributed by atoms with Crippen LogP contribution in [-0.4, -0.2) is 68.0 Å². The maximum atomic E-state index is 11.9. The maximum Gasteiger partial charge on any atom is 0.421 e. The molecule has 186 valence electrons. The summed E-state index contributed by atoms with van der Waals surface area (Å²) in [6.07, 6.45) is 1.85. The number of rotatable bonds is 11. The molecule has 0 aromatic carbocycles. The van der Waals surface area contributed by atoms with Gasteiger partial charge in [0.2, 0.25) is 18.0 Å². The van der Waals surface area contributed by atoms with E-state index >= 15 is 0 Å². The molecular weight excluding hydrogens is 560 g/mol. The third-order valence-corrected chi connectivity index (χ3v) is 13.3. The van der Waals surface area contributed by atoms with Gasteiger partial charge < -0.3 is 22.5 Å². The van der Waals surface area contributed by atoms with Crippen molar-refractivity contribution in [2.75, 3.05) is 41.2 Å². The SMILES string of the molecule is COP(=O)(OC)SCn1c(=O)oc2cc(Cl)cnc21.COP(=S)(OC)SCC(=O)N(C)C=O. The monoisotopic (exact) mass is 581 g/mol. The van der Waals surface area contributed by atoms with Gasteiger partial charge in [-0.25, -0.2) is 18.9 Å². The predicted molar refractivity (Wildman–Crippen MR) is 132 cm³/mol. The molecule has 0 aliphatic rings. The molecule has 0 aliphatic carbocycles. The van der Waals surface area contributed by atoms with Crippen LogP contribution in [0, 0.1) is 0 Å². The Balaban J connectivity index is 0.000000349. The Bertz CT molecular complexity index is 1100. The molecule has 33 heavy (non-hydrogen) atoms. The van der Waals surface area contributed by atoms with Crippen molar-refractivity contribution in [1.82, 2.24) is 14.5 Å². The van der Waals surface area contributed by atoms with Crippen molar-refractivity contribution in [3.8, 4) is 0 Å². The van der Waals surface area contributed by atoms with Gasteiger partial charge in [-0.2, -0.15) is 0 Å². The molecule has 2 amide bonds. The second-order valence-electron chi connectivity index (χ2n) is 5.54. The lowest BCUT2D eigenvalue weighted by atomic mass is 10.4. The highest BCUT2D eigenvalue weighted by Gasteiger charge is 2.24. The number of carbonyl (C=O) groups is 2. The smallest absolute Gasteiger partial charge is 0.406 e. The molecule has 0 fully saturated rings. The lowest BCUT2D eigenvalue weighted by molar-refractivity contribution is -0.134. The molecule has 0 saturated heterocycles. The highest BCUT2D eigenvalue weighted by Crippen LogP contribution is 2.60. The molecule has 0 aliphatic heterocycles. The summed E-state index contributed by atoms with van der Waals surface area (Å²) in [6, 6.07) is 1.48. The number of nitrogens with zero attached hydrogens (tertiary/aromatic N) is 3. The van der Waals surface area contributed by atoms with Crippen LogP contribution in [0.1, 0.15) is 0 Å². The number of fused-ring (bicyclic) bond motifs is 1. The first-order valence-corrected chi connectivity index (χ1v) is 16.3. The average molecular weight is 582 g/mol. The number of amides is 2. The fourth-order valence-electron chi connectivity index (χ4n) is 1.82. The van der Waals surface area contributed by atoms with Gasteiger partial charge in [-0.15, -0.1) is 0 Å². The number of halogens is 1. The Hall–Kier alpha value is -0.730. The Kier molecular flexibility index (Phi) is 12.8. The first-order chi connectivity index (χ1) is 15.5. The van der Waals surface area contributed by atoms with Crippen molar-refractivity contribution in [2.45, 2.75) is 5.88 Å². The van der Waals surface area contributed by atoms with Gasteiger partial charge in [0.1, 0.15) is 0 Å². The highest BCUT2D eigenvalue weighted by molar-refractivity contribution is 8.68. The highest BCUT2D eigenvalue weighted by atomic mass is 35.5. The van der Waals surface area contributed by atoms with Gasteiger partial charge in [0, 0.05) is 47.8 Å². The van der Waals surface area contributed by atoms with Crippen LogP contribution in [0.2, 0.25) is 5.02 Å². The first-order valence-electron chi connectivity index (χ1n) is 8.56. The van der Waals surface area contributed by atoms with E-state index in [1.807, 2.05) is 0 Å². The Morgan fingerprint density at radius 3 is 2.39 bits per heavy atom. The molecule has 2 heterocycles. The molecule has 2 aromatic rings. The van der Waals surface area contributed by atoms with E-state index in [1.165, 1.54) is 52.3 Å². The summed E-state index contributed by atoms with van der Waals surface area (Å²) in [7, 11) is 6.80. The fourth-order valence-corrected chi connectivity index (χ4v) is 6.96. The number of carbonyl (C=O) groups excluding carboxylic acids is 2. The van der Waals surface area contributed by atoms with Crippen LogP contribution in [0.4, 0.5) is 0 Å². The molecule has 0 atom stereocenters. The third kappa shape index (κ3) is 9.10. The van der Waals surface area contributed by atoms with E-state index < -0.39 is 18.2 Å². The van der Waals surface area contributed by atoms with Gasteiger partial charge in [0.15, 0.2) is 11.2 Å². The van der Waals surface area contributed by atoms with Crippen LogP contribution in [0.15, 0.2) is 21.5 Å². The second-order valence-corrected chi connectivity index (χ2v) is 16.8.